The molecule has 0 unspecified atom stereocenters. The Morgan fingerprint density at radius 3 is 2.00 bits per heavy atom. The molecule has 0 bridgehead atoms. The predicted octanol–water partition coefficient (Wildman–Crippen LogP) is 2.53. The lowest BCUT2D eigenvalue weighted by Gasteiger charge is -2.38. The van der Waals surface area contributed by atoms with Crippen molar-refractivity contribution >= 4 is 11.9 Å². The van der Waals surface area contributed by atoms with Crippen LogP contribution >= 0.6 is 0 Å². The predicted molar refractivity (Wildman–Crippen MR) is 72.2 cm³/mol. The van der Waals surface area contributed by atoms with Gasteiger partial charge in [0.1, 0.15) is 0 Å². The highest BCUT2D eigenvalue weighted by Gasteiger charge is 2.73. The van der Waals surface area contributed by atoms with Crippen molar-refractivity contribution in [1.82, 2.24) is 20.3 Å². The Hall–Kier alpha value is -2.92. The summed E-state index contributed by atoms with van der Waals surface area (Å²) < 4.78 is 80.2. The highest BCUT2D eigenvalue weighted by Crippen LogP contribution is 2.43. The first kappa shape index (κ1) is 18.4. The number of pyridine rings is 1. The molecule has 0 saturated carbocycles. The van der Waals surface area contributed by atoms with E-state index in [0.29, 0.717) is 0 Å². The first-order chi connectivity index (χ1) is 11.6. The van der Waals surface area contributed by atoms with E-state index in [1.807, 2.05) is 0 Å². The minimum Gasteiger partial charge on any atom is -0.316 e. The maximum Gasteiger partial charge on any atom is 0.439 e. The van der Waals surface area contributed by atoms with Gasteiger partial charge in [0.15, 0.2) is 0 Å². The fourth-order valence-electron chi connectivity index (χ4n) is 1.75. The maximum absolute atomic E-state index is 13.4. The summed E-state index contributed by atoms with van der Waals surface area (Å²) in [6, 6.07) is 3.40. The van der Waals surface area contributed by atoms with Gasteiger partial charge in [-0.05, 0) is 18.2 Å². The molecule has 0 atom stereocenters. The molecule has 2 rings (SSSR count). The summed E-state index contributed by atoms with van der Waals surface area (Å²) >= 11 is 0. The minimum absolute atomic E-state index is 0.490. The molecule has 0 fully saturated rings. The number of amides is 1. The number of carbonyl (C=O) groups excluding carboxylic acids is 1. The highest BCUT2D eigenvalue weighted by molar-refractivity contribution is 5.94. The maximum atomic E-state index is 13.4. The molecule has 2 N–H and O–H groups in total. The Kier molecular flexibility index (Phi) is 4.81. The number of hydrogen-bond acceptors (Lipinski definition) is 5. The van der Waals surface area contributed by atoms with Crippen molar-refractivity contribution in [2.24, 2.45) is 0 Å². The van der Waals surface area contributed by atoms with Crippen molar-refractivity contribution in [2.75, 3.05) is 5.32 Å². The van der Waals surface area contributed by atoms with Crippen molar-refractivity contribution in [3.8, 4) is 0 Å². The third kappa shape index (κ3) is 3.78. The Morgan fingerprint density at radius 2 is 1.52 bits per heavy atom. The molecule has 0 spiro atoms. The van der Waals surface area contributed by atoms with Crippen molar-refractivity contribution in [3.05, 3.63) is 48.5 Å². The van der Waals surface area contributed by atoms with Gasteiger partial charge in [0.2, 0.25) is 5.95 Å². The molecular weight excluding hydrogens is 356 g/mol. The van der Waals surface area contributed by atoms with Crippen LogP contribution in [0.5, 0.6) is 0 Å². The van der Waals surface area contributed by atoms with Gasteiger partial charge >= 0.3 is 18.0 Å². The second-order valence-electron chi connectivity index (χ2n) is 4.64. The van der Waals surface area contributed by atoms with Crippen LogP contribution in [-0.4, -0.2) is 38.9 Å². The summed E-state index contributed by atoms with van der Waals surface area (Å²) in [5.41, 5.74) is -5.29. The number of anilines is 1. The van der Waals surface area contributed by atoms with E-state index >= 15 is 0 Å². The molecule has 0 aliphatic heterocycles. The van der Waals surface area contributed by atoms with E-state index in [0.717, 1.165) is 35.3 Å². The smallest absolute Gasteiger partial charge is 0.316 e. The molecule has 0 saturated heterocycles. The third-order valence-electron chi connectivity index (χ3n) is 2.94. The van der Waals surface area contributed by atoms with Crippen molar-refractivity contribution < 1.29 is 31.1 Å². The van der Waals surface area contributed by atoms with Gasteiger partial charge in [0.25, 0.3) is 5.91 Å². The lowest BCUT2D eigenvalue weighted by atomic mass is 10.1. The van der Waals surface area contributed by atoms with Crippen LogP contribution < -0.4 is 10.6 Å². The average Bonchev–Trinajstić information content (AvgIpc) is 2.54. The standard InChI is InChI=1S/C13H9F6N5O/c14-12(15,16)11(13(17,18)19,24-10-21-5-2-6-22-10)23-9(25)8-3-1-4-20-7-8/h1-7H,(H,23,25)(H,21,22,24). The number of halogens is 6. The van der Waals surface area contributed by atoms with E-state index < -0.39 is 35.4 Å². The lowest BCUT2D eigenvalue weighted by Crippen LogP contribution is -2.72. The largest absolute Gasteiger partial charge is 0.439 e. The molecule has 134 valence electrons. The SMILES string of the molecule is O=C(NC(Nc1ncccn1)(C(F)(F)F)C(F)(F)F)c1cccnc1. The van der Waals surface area contributed by atoms with E-state index in [4.69, 9.17) is 0 Å². The Bertz CT molecular complexity index is 705. The van der Waals surface area contributed by atoms with E-state index in [2.05, 4.69) is 15.0 Å². The molecule has 6 nitrogen and oxygen atoms in total. The van der Waals surface area contributed by atoms with Crippen LogP contribution in [0.2, 0.25) is 0 Å². The molecule has 2 aromatic rings. The number of hydrogen-bond donors (Lipinski definition) is 2. The summed E-state index contributed by atoms with van der Waals surface area (Å²) in [5, 5.41) is 2.10. The van der Waals surface area contributed by atoms with Crippen LogP contribution in [-0.2, 0) is 0 Å². The van der Waals surface area contributed by atoms with Gasteiger partial charge < -0.3 is 10.6 Å². The lowest BCUT2D eigenvalue weighted by molar-refractivity contribution is -0.294. The molecule has 0 aliphatic carbocycles. The van der Waals surface area contributed by atoms with Crippen LogP contribution in [0.15, 0.2) is 43.0 Å². The van der Waals surface area contributed by atoms with Gasteiger partial charge in [-0.15, -0.1) is 0 Å². The van der Waals surface area contributed by atoms with Crippen LogP contribution in [0, 0.1) is 0 Å². The van der Waals surface area contributed by atoms with Gasteiger partial charge in [-0.25, -0.2) is 9.97 Å². The monoisotopic (exact) mass is 365 g/mol. The quantitative estimate of drug-likeness (QED) is 0.643. The molecule has 2 heterocycles. The zero-order valence-electron chi connectivity index (χ0n) is 12.1. The molecule has 12 heteroatoms. The zero-order valence-corrected chi connectivity index (χ0v) is 12.1. The van der Waals surface area contributed by atoms with Crippen LogP contribution in [0.25, 0.3) is 0 Å². The fourth-order valence-corrected chi connectivity index (χ4v) is 1.75. The summed E-state index contributed by atoms with van der Waals surface area (Å²) in [6.07, 6.45) is -8.00. The van der Waals surface area contributed by atoms with Crippen LogP contribution in [0.1, 0.15) is 10.4 Å². The summed E-state index contributed by atoms with van der Waals surface area (Å²) in [7, 11) is 0. The van der Waals surface area contributed by atoms with Gasteiger partial charge in [0, 0.05) is 24.8 Å². The number of rotatable bonds is 4. The number of aromatic nitrogens is 3. The average molecular weight is 365 g/mol. The molecule has 0 aliphatic rings. The van der Waals surface area contributed by atoms with Gasteiger partial charge in [-0.1, -0.05) is 0 Å². The number of nitrogens with one attached hydrogen (secondary N) is 2. The minimum atomic E-state index is -5.96. The number of carbonyl (C=O) groups is 1. The third-order valence-corrected chi connectivity index (χ3v) is 2.94. The number of alkyl halides is 6. The topological polar surface area (TPSA) is 79.8 Å². The first-order valence-corrected chi connectivity index (χ1v) is 6.48. The molecule has 25 heavy (non-hydrogen) atoms. The van der Waals surface area contributed by atoms with E-state index in [-0.39, 0.29) is 0 Å². The first-order valence-electron chi connectivity index (χ1n) is 6.48. The Morgan fingerprint density at radius 1 is 0.920 bits per heavy atom. The van der Waals surface area contributed by atoms with Gasteiger partial charge in [-0.3, -0.25) is 9.78 Å². The van der Waals surface area contributed by atoms with Gasteiger partial charge in [-0.2, -0.15) is 26.3 Å². The molecule has 0 radical (unpaired) electrons. The highest BCUT2D eigenvalue weighted by atomic mass is 19.4. The molecule has 2 aromatic heterocycles. The van der Waals surface area contributed by atoms with E-state index in [1.54, 1.807) is 0 Å². The second-order valence-corrected chi connectivity index (χ2v) is 4.64. The van der Waals surface area contributed by atoms with Crippen LogP contribution in [0.4, 0.5) is 32.3 Å². The summed E-state index contributed by atoms with van der Waals surface area (Å²) in [5.74, 6) is -2.60. The normalized spacial score (nSPS) is 12.6. The Balaban J connectivity index is 2.49. The fraction of sp³-hybridized carbons (Fsp3) is 0.231. The number of nitrogens with zero attached hydrogens (tertiary/aromatic N) is 3. The van der Waals surface area contributed by atoms with Crippen molar-refractivity contribution in [2.45, 2.75) is 18.0 Å². The zero-order chi connectivity index (χ0) is 18.7. The molecule has 0 aromatic carbocycles. The van der Waals surface area contributed by atoms with Crippen molar-refractivity contribution in [3.63, 3.8) is 0 Å². The summed E-state index contributed by atoms with van der Waals surface area (Å²) in [4.78, 5) is 22.0. The second kappa shape index (κ2) is 6.53. The Labute approximate surface area is 136 Å². The summed E-state index contributed by atoms with van der Waals surface area (Å²) in [6.45, 7) is 0. The molecular formula is C13H9F6N5O. The van der Waals surface area contributed by atoms with E-state index in [9.17, 15) is 31.1 Å². The van der Waals surface area contributed by atoms with Crippen LogP contribution in [0.3, 0.4) is 0 Å². The molecule has 1 amide bonds. The van der Waals surface area contributed by atoms with Crippen molar-refractivity contribution in [1.29, 1.82) is 0 Å². The van der Waals surface area contributed by atoms with Gasteiger partial charge in [0.05, 0.1) is 5.56 Å². The van der Waals surface area contributed by atoms with E-state index in [1.165, 1.54) is 18.3 Å².